The maximum absolute atomic E-state index is 6.04. The van der Waals surface area contributed by atoms with Gasteiger partial charge in [0.25, 0.3) is 0 Å². The lowest BCUT2D eigenvalue weighted by Crippen LogP contribution is -2.52. The van der Waals surface area contributed by atoms with E-state index in [1.807, 2.05) is 0 Å². The molecule has 2 heteroatoms. The molecule has 14 heavy (non-hydrogen) atoms. The van der Waals surface area contributed by atoms with Crippen LogP contribution in [-0.4, -0.2) is 24.4 Å². The molecule has 1 fully saturated rings. The summed E-state index contributed by atoms with van der Waals surface area (Å²) in [5, 5.41) is 0. The van der Waals surface area contributed by atoms with Gasteiger partial charge in [0.1, 0.15) is 0 Å². The summed E-state index contributed by atoms with van der Waals surface area (Å²) in [5.41, 5.74) is -0.0122. The van der Waals surface area contributed by atoms with Gasteiger partial charge in [0, 0.05) is 0 Å². The van der Waals surface area contributed by atoms with E-state index in [-0.39, 0.29) is 11.2 Å². The van der Waals surface area contributed by atoms with Crippen LogP contribution < -0.4 is 0 Å². The SMILES string of the molecule is CCC1(CC)COC(CC)(CC)CO1. The highest BCUT2D eigenvalue weighted by Gasteiger charge is 2.40. The van der Waals surface area contributed by atoms with Crippen LogP contribution in [0.5, 0.6) is 0 Å². The molecule has 0 saturated carbocycles. The van der Waals surface area contributed by atoms with Crippen molar-refractivity contribution in [3.05, 3.63) is 0 Å². The molecule has 0 amide bonds. The van der Waals surface area contributed by atoms with Crippen LogP contribution in [0.2, 0.25) is 0 Å². The zero-order valence-corrected chi connectivity index (χ0v) is 10.1. The highest BCUT2D eigenvalue weighted by Crippen LogP contribution is 2.33. The van der Waals surface area contributed by atoms with Crippen LogP contribution in [0.1, 0.15) is 53.4 Å². The van der Waals surface area contributed by atoms with Gasteiger partial charge in [-0.1, -0.05) is 27.7 Å². The summed E-state index contributed by atoms with van der Waals surface area (Å²) in [7, 11) is 0. The molecule has 0 N–H and O–H groups in total. The van der Waals surface area contributed by atoms with E-state index in [0.29, 0.717) is 0 Å². The first-order chi connectivity index (χ1) is 6.66. The van der Waals surface area contributed by atoms with Gasteiger partial charge in [-0.3, -0.25) is 0 Å². The summed E-state index contributed by atoms with van der Waals surface area (Å²) >= 11 is 0. The third-order valence-corrected chi connectivity index (χ3v) is 3.86. The second-order valence-corrected chi connectivity index (χ2v) is 4.36. The van der Waals surface area contributed by atoms with Crippen molar-refractivity contribution in [3.63, 3.8) is 0 Å². The Labute approximate surface area is 88.0 Å². The minimum atomic E-state index is -0.00611. The van der Waals surface area contributed by atoms with Gasteiger partial charge in [-0.2, -0.15) is 0 Å². The van der Waals surface area contributed by atoms with E-state index in [1.54, 1.807) is 0 Å². The highest BCUT2D eigenvalue weighted by molar-refractivity contribution is 4.89. The number of hydrogen-bond donors (Lipinski definition) is 0. The molecule has 1 saturated heterocycles. The van der Waals surface area contributed by atoms with Crippen LogP contribution in [0.25, 0.3) is 0 Å². The molecular weight excluding hydrogens is 176 g/mol. The normalized spacial score (nSPS) is 24.9. The molecule has 0 aromatic heterocycles. The Kier molecular flexibility index (Phi) is 3.96. The largest absolute Gasteiger partial charge is 0.370 e. The van der Waals surface area contributed by atoms with Crippen molar-refractivity contribution in [2.75, 3.05) is 13.2 Å². The number of rotatable bonds is 4. The Balaban J connectivity index is 2.59. The van der Waals surface area contributed by atoms with Crippen molar-refractivity contribution in [1.82, 2.24) is 0 Å². The second kappa shape index (κ2) is 4.63. The molecule has 0 aromatic rings. The van der Waals surface area contributed by atoms with E-state index in [4.69, 9.17) is 9.47 Å². The number of hydrogen-bond acceptors (Lipinski definition) is 2. The summed E-state index contributed by atoms with van der Waals surface area (Å²) in [6.07, 6.45) is 4.19. The molecule has 0 bridgehead atoms. The zero-order chi connectivity index (χ0) is 10.7. The summed E-state index contributed by atoms with van der Waals surface area (Å²) < 4.78 is 12.1. The van der Waals surface area contributed by atoms with E-state index >= 15 is 0 Å². The van der Waals surface area contributed by atoms with E-state index in [0.717, 1.165) is 38.9 Å². The molecule has 1 rings (SSSR count). The topological polar surface area (TPSA) is 18.5 Å². The lowest BCUT2D eigenvalue weighted by molar-refractivity contribution is -0.239. The predicted octanol–water partition coefficient (Wildman–Crippen LogP) is 3.15. The molecule has 0 aromatic carbocycles. The Morgan fingerprint density at radius 2 is 1.00 bits per heavy atom. The average Bonchev–Trinajstić information content (AvgIpc) is 2.29. The van der Waals surface area contributed by atoms with Gasteiger partial charge in [0.2, 0.25) is 0 Å². The summed E-state index contributed by atoms with van der Waals surface area (Å²) in [6.45, 7) is 10.2. The molecule has 84 valence electrons. The third-order valence-electron chi connectivity index (χ3n) is 3.86. The molecule has 0 radical (unpaired) electrons. The van der Waals surface area contributed by atoms with Gasteiger partial charge in [-0.25, -0.2) is 0 Å². The minimum absolute atomic E-state index is 0.00611. The van der Waals surface area contributed by atoms with Crippen LogP contribution in [0, 0.1) is 0 Å². The molecular formula is C12H24O2. The van der Waals surface area contributed by atoms with Crippen molar-refractivity contribution in [2.45, 2.75) is 64.6 Å². The van der Waals surface area contributed by atoms with Gasteiger partial charge in [0.15, 0.2) is 0 Å². The van der Waals surface area contributed by atoms with Gasteiger partial charge in [0.05, 0.1) is 24.4 Å². The summed E-state index contributed by atoms with van der Waals surface area (Å²) in [4.78, 5) is 0. The zero-order valence-electron chi connectivity index (χ0n) is 10.1. The molecule has 1 aliphatic heterocycles. The Morgan fingerprint density at radius 3 is 1.14 bits per heavy atom. The van der Waals surface area contributed by atoms with E-state index < -0.39 is 0 Å². The minimum Gasteiger partial charge on any atom is -0.370 e. The molecule has 1 heterocycles. The monoisotopic (exact) mass is 200 g/mol. The lowest BCUT2D eigenvalue weighted by atomic mass is 9.91. The molecule has 0 unspecified atom stereocenters. The van der Waals surface area contributed by atoms with Crippen LogP contribution >= 0.6 is 0 Å². The third kappa shape index (κ3) is 2.12. The standard InChI is InChI=1S/C12H24O2/c1-5-11(6-2)9-14-12(7-3,8-4)10-13-11/h5-10H2,1-4H3. The fraction of sp³-hybridized carbons (Fsp3) is 1.00. The fourth-order valence-corrected chi connectivity index (χ4v) is 1.97. The van der Waals surface area contributed by atoms with Crippen molar-refractivity contribution < 1.29 is 9.47 Å². The Hall–Kier alpha value is -0.0800. The lowest BCUT2D eigenvalue weighted by Gasteiger charge is -2.45. The van der Waals surface area contributed by atoms with Crippen molar-refractivity contribution >= 4 is 0 Å². The van der Waals surface area contributed by atoms with Crippen molar-refractivity contribution in [2.24, 2.45) is 0 Å². The number of ether oxygens (including phenoxy) is 2. The quantitative estimate of drug-likeness (QED) is 0.694. The summed E-state index contributed by atoms with van der Waals surface area (Å²) in [5.74, 6) is 0. The molecule has 0 atom stereocenters. The van der Waals surface area contributed by atoms with Crippen LogP contribution in [-0.2, 0) is 9.47 Å². The molecule has 1 aliphatic rings. The van der Waals surface area contributed by atoms with E-state index in [1.165, 1.54) is 0 Å². The van der Waals surface area contributed by atoms with Crippen molar-refractivity contribution in [1.29, 1.82) is 0 Å². The van der Waals surface area contributed by atoms with E-state index in [9.17, 15) is 0 Å². The highest BCUT2D eigenvalue weighted by atomic mass is 16.6. The first kappa shape index (κ1) is 12.0. The maximum Gasteiger partial charge on any atom is 0.0911 e. The maximum atomic E-state index is 6.04. The van der Waals surface area contributed by atoms with Gasteiger partial charge in [-0.15, -0.1) is 0 Å². The first-order valence-corrected chi connectivity index (χ1v) is 5.94. The van der Waals surface area contributed by atoms with Crippen molar-refractivity contribution in [3.8, 4) is 0 Å². The van der Waals surface area contributed by atoms with Gasteiger partial charge >= 0.3 is 0 Å². The van der Waals surface area contributed by atoms with Crippen LogP contribution in [0.4, 0.5) is 0 Å². The van der Waals surface area contributed by atoms with Crippen LogP contribution in [0.3, 0.4) is 0 Å². The predicted molar refractivity (Wildman–Crippen MR) is 58.5 cm³/mol. The summed E-state index contributed by atoms with van der Waals surface area (Å²) in [6, 6.07) is 0. The Bertz CT molecular complexity index is 137. The van der Waals surface area contributed by atoms with Gasteiger partial charge < -0.3 is 9.47 Å². The Morgan fingerprint density at radius 1 is 0.714 bits per heavy atom. The molecule has 0 aliphatic carbocycles. The van der Waals surface area contributed by atoms with Crippen LogP contribution in [0.15, 0.2) is 0 Å². The fourth-order valence-electron chi connectivity index (χ4n) is 1.97. The average molecular weight is 200 g/mol. The van der Waals surface area contributed by atoms with E-state index in [2.05, 4.69) is 27.7 Å². The molecule has 0 spiro atoms. The second-order valence-electron chi connectivity index (χ2n) is 4.36. The molecule has 2 nitrogen and oxygen atoms in total. The smallest absolute Gasteiger partial charge is 0.0911 e. The van der Waals surface area contributed by atoms with Gasteiger partial charge in [-0.05, 0) is 25.7 Å². The first-order valence-electron chi connectivity index (χ1n) is 5.94.